The molecule has 1 heterocycles. The van der Waals surface area contributed by atoms with Crippen LogP contribution in [-0.4, -0.2) is 18.5 Å². The van der Waals surface area contributed by atoms with E-state index in [0.717, 1.165) is 11.1 Å². The summed E-state index contributed by atoms with van der Waals surface area (Å²) < 4.78 is 27.9. The summed E-state index contributed by atoms with van der Waals surface area (Å²) in [6.45, 7) is 3.59. The minimum atomic E-state index is -3.77. The number of sulfonamides is 1. The molecule has 21 heavy (non-hydrogen) atoms. The molecule has 0 unspecified atom stereocenters. The van der Waals surface area contributed by atoms with Crippen LogP contribution in [0.15, 0.2) is 40.0 Å². The van der Waals surface area contributed by atoms with Gasteiger partial charge in [-0.05, 0) is 58.6 Å². The van der Waals surface area contributed by atoms with Gasteiger partial charge in [-0.15, -0.1) is 0 Å². The number of hydrogen-bond donors (Lipinski definition) is 2. The fourth-order valence-corrected chi connectivity index (χ4v) is 3.88. The topological polar surface area (TPSA) is 79.3 Å². The van der Waals surface area contributed by atoms with E-state index in [9.17, 15) is 8.42 Å². The molecule has 0 atom stereocenters. The smallest absolute Gasteiger partial charge is 0.279 e. The molecule has 0 aliphatic heterocycles. The molecule has 0 aliphatic carbocycles. The molecule has 5 nitrogen and oxygen atoms in total. The van der Waals surface area contributed by atoms with Crippen LogP contribution >= 0.6 is 15.9 Å². The first-order valence-electron chi connectivity index (χ1n) is 6.19. The zero-order chi connectivity index (χ0) is 15.6. The van der Waals surface area contributed by atoms with E-state index in [-0.39, 0.29) is 11.6 Å². The van der Waals surface area contributed by atoms with E-state index in [2.05, 4.69) is 25.6 Å². The molecule has 0 fully saturated rings. The number of aromatic nitrogens is 1. The summed E-state index contributed by atoms with van der Waals surface area (Å²) in [5.74, 6) is 0. The van der Waals surface area contributed by atoms with Crippen molar-refractivity contribution in [2.24, 2.45) is 0 Å². The predicted octanol–water partition coefficient (Wildman–Crippen LogP) is 2.75. The van der Waals surface area contributed by atoms with Crippen molar-refractivity contribution in [2.45, 2.75) is 25.5 Å². The number of hydrogen-bond acceptors (Lipinski definition) is 4. The minimum Gasteiger partial charge on any atom is -0.392 e. The van der Waals surface area contributed by atoms with Crippen molar-refractivity contribution in [1.82, 2.24) is 4.98 Å². The number of aliphatic hydroxyl groups is 1. The third-order valence-corrected chi connectivity index (χ3v) is 4.81. The Balaban J connectivity index is 2.37. The van der Waals surface area contributed by atoms with Crippen molar-refractivity contribution < 1.29 is 13.5 Å². The van der Waals surface area contributed by atoms with E-state index in [0.29, 0.717) is 15.7 Å². The second-order valence-electron chi connectivity index (χ2n) is 4.71. The second kappa shape index (κ2) is 6.13. The number of anilines is 1. The van der Waals surface area contributed by atoms with Gasteiger partial charge in [-0.1, -0.05) is 12.1 Å². The van der Waals surface area contributed by atoms with Crippen molar-refractivity contribution in [3.05, 3.63) is 51.6 Å². The van der Waals surface area contributed by atoms with Gasteiger partial charge < -0.3 is 5.11 Å². The second-order valence-corrected chi connectivity index (χ2v) is 7.19. The van der Waals surface area contributed by atoms with Gasteiger partial charge in [-0.3, -0.25) is 4.72 Å². The summed E-state index contributed by atoms with van der Waals surface area (Å²) >= 11 is 3.37. The van der Waals surface area contributed by atoms with E-state index >= 15 is 0 Å². The number of halogens is 1. The molecule has 2 aromatic rings. The Bertz CT molecular complexity index is 735. The number of aryl methyl sites for hydroxylation is 2. The van der Waals surface area contributed by atoms with Crippen LogP contribution in [-0.2, 0) is 16.6 Å². The number of nitrogens with one attached hydrogen (secondary N) is 1. The van der Waals surface area contributed by atoms with Crippen LogP contribution in [0.3, 0.4) is 0 Å². The Hall–Kier alpha value is -1.44. The quantitative estimate of drug-likeness (QED) is 0.866. The van der Waals surface area contributed by atoms with E-state index in [1.54, 1.807) is 0 Å². The van der Waals surface area contributed by atoms with E-state index in [1.165, 1.54) is 18.3 Å². The van der Waals surface area contributed by atoms with Crippen molar-refractivity contribution in [2.75, 3.05) is 4.72 Å². The summed E-state index contributed by atoms with van der Waals surface area (Å²) in [6, 6.07) is 6.63. The zero-order valence-electron chi connectivity index (χ0n) is 11.6. The van der Waals surface area contributed by atoms with Gasteiger partial charge in [0.25, 0.3) is 10.0 Å². The molecule has 1 aromatic carbocycles. The fraction of sp³-hybridized carbons (Fsp3) is 0.214. The maximum atomic E-state index is 12.3. The van der Waals surface area contributed by atoms with Crippen molar-refractivity contribution >= 4 is 31.6 Å². The molecule has 0 aliphatic rings. The first-order valence-corrected chi connectivity index (χ1v) is 8.46. The molecular formula is C14H15BrN2O3S. The van der Waals surface area contributed by atoms with Gasteiger partial charge in [0.05, 0.1) is 12.3 Å². The lowest BCUT2D eigenvalue weighted by Gasteiger charge is -2.13. The van der Waals surface area contributed by atoms with Crippen molar-refractivity contribution in [3.8, 4) is 0 Å². The van der Waals surface area contributed by atoms with E-state index < -0.39 is 10.0 Å². The Labute approximate surface area is 132 Å². The summed E-state index contributed by atoms with van der Waals surface area (Å²) in [5, 5.41) is 8.86. The van der Waals surface area contributed by atoms with Gasteiger partial charge >= 0.3 is 0 Å². The van der Waals surface area contributed by atoms with Gasteiger partial charge in [-0.2, -0.15) is 8.42 Å². The maximum absolute atomic E-state index is 12.3. The normalized spacial score (nSPS) is 11.4. The molecule has 0 spiro atoms. The van der Waals surface area contributed by atoms with Gasteiger partial charge in [-0.25, -0.2) is 4.98 Å². The highest BCUT2D eigenvalue weighted by Gasteiger charge is 2.18. The molecule has 112 valence electrons. The Kier molecular flexibility index (Phi) is 4.65. The predicted molar refractivity (Wildman–Crippen MR) is 84.6 cm³/mol. The van der Waals surface area contributed by atoms with Gasteiger partial charge in [0.2, 0.25) is 0 Å². The van der Waals surface area contributed by atoms with Crippen molar-refractivity contribution in [3.63, 3.8) is 0 Å². The van der Waals surface area contributed by atoms with Crippen LogP contribution in [0.5, 0.6) is 0 Å². The Morgan fingerprint density at radius 2 is 2.00 bits per heavy atom. The highest BCUT2D eigenvalue weighted by atomic mass is 79.9. The minimum absolute atomic E-state index is 0.0911. The molecule has 2 rings (SSSR count). The first-order chi connectivity index (χ1) is 9.83. The average Bonchev–Trinajstić information content (AvgIpc) is 2.43. The van der Waals surface area contributed by atoms with Gasteiger partial charge in [0.1, 0.15) is 0 Å². The van der Waals surface area contributed by atoms with Crippen molar-refractivity contribution in [1.29, 1.82) is 0 Å². The third-order valence-electron chi connectivity index (χ3n) is 2.92. The molecule has 2 N–H and O–H groups in total. The van der Waals surface area contributed by atoms with E-state index in [1.807, 2.05) is 26.0 Å². The van der Waals surface area contributed by atoms with Gasteiger partial charge in [0.15, 0.2) is 5.03 Å². The fourth-order valence-electron chi connectivity index (χ4n) is 1.90. The first kappa shape index (κ1) is 15.9. The summed E-state index contributed by atoms with van der Waals surface area (Å²) in [6.07, 6.45) is 1.34. The molecule has 1 aromatic heterocycles. The number of aliphatic hydroxyl groups excluding tert-OH is 1. The standard InChI is InChI=1S/C14H15BrN2O3S/c1-9-5-10(2)14(12(15)6-9)17-21(19,20)13-4-3-11(8-18)7-16-13/h3-7,17-18H,8H2,1-2H3. The molecule has 0 bridgehead atoms. The zero-order valence-corrected chi connectivity index (χ0v) is 14.0. The molecule has 7 heteroatoms. The number of benzene rings is 1. The maximum Gasteiger partial charge on any atom is 0.279 e. The van der Waals surface area contributed by atoms with E-state index in [4.69, 9.17) is 5.11 Å². The lowest BCUT2D eigenvalue weighted by atomic mass is 10.1. The molecular weight excluding hydrogens is 356 g/mol. The Morgan fingerprint density at radius 3 is 2.52 bits per heavy atom. The van der Waals surface area contributed by atoms with Crippen LogP contribution < -0.4 is 4.72 Å². The SMILES string of the molecule is Cc1cc(C)c(NS(=O)(=O)c2ccc(CO)cn2)c(Br)c1. The van der Waals surface area contributed by atoms with Crippen LogP contribution in [0.2, 0.25) is 0 Å². The molecule has 0 saturated heterocycles. The molecule has 0 radical (unpaired) electrons. The number of nitrogens with zero attached hydrogens (tertiary/aromatic N) is 1. The number of pyridine rings is 1. The van der Waals surface area contributed by atoms with Gasteiger partial charge in [0, 0.05) is 10.7 Å². The lowest BCUT2D eigenvalue weighted by Crippen LogP contribution is -2.15. The summed E-state index contributed by atoms with van der Waals surface area (Å²) in [5.41, 5.74) is 2.90. The van der Waals surface area contributed by atoms with Crippen LogP contribution in [0.4, 0.5) is 5.69 Å². The highest BCUT2D eigenvalue weighted by molar-refractivity contribution is 9.10. The Morgan fingerprint density at radius 1 is 1.29 bits per heavy atom. The highest BCUT2D eigenvalue weighted by Crippen LogP contribution is 2.29. The summed E-state index contributed by atoms with van der Waals surface area (Å²) in [7, 11) is -3.77. The monoisotopic (exact) mass is 370 g/mol. The molecule has 0 saturated carbocycles. The number of rotatable bonds is 4. The van der Waals surface area contributed by atoms with Crippen LogP contribution in [0.25, 0.3) is 0 Å². The van der Waals surface area contributed by atoms with Crippen LogP contribution in [0, 0.1) is 13.8 Å². The van der Waals surface area contributed by atoms with Crippen LogP contribution in [0.1, 0.15) is 16.7 Å². The molecule has 0 amide bonds. The third kappa shape index (κ3) is 3.61. The largest absolute Gasteiger partial charge is 0.392 e. The summed E-state index contributed by atoms with van der Waals surface area (Å²) in [4.78, 5) is 3.87. The lowest BCUT2D eigenvalue weighted by molar-refractivity contribution is 0.281. The average molecular weight is 371 g/mol.